The van der Waals surface area contributed by atoms with Crippen molar-refractivity contribution in [1.82, 2.24) is 14.9 Å². The molecule has 2 aliphatic rings. The highest BCUT2D eigenvalue weighted by molar-refractivity contribution is 5.94. The molecule has 1 saturated heterocycles. The molecule has 1 amide bonds. The average Bonchev–Trinajstić information content (AvgIpc) is 3.33. The van der Waals surface area contributed by atoms with Gasteiger partial charge in [0.05, 0.1) is 12.6 Å². The van der Waals surface area contributed by atoms with E-state index in [4.69, 9.17) is 0 Å². The summed E-state index contributed by atoms with van der Waals surface area (Å²) in [7, 11) is 5.55. The van der Waals surface area contributed by atoms with Crippen LogP contribution in [0.15, 0.2) is 30.5 Å². The lowest BCUT2D eigenvalue weighted by molar-refractivity contribution is 0.0786. The summed E-state index contributed by atoms with van der Waals surface area (Å²) in [6.45, 7) is 0.743. The second kappa shape index (κ2) is 7.97. The van der Waals surface area contributed by atoms with E-state index >= 15 is 0 Å². The maximum atomic E-state index is 14.3. The molecule has 6 nitrogen and oxygen atoms in total. The van der Waals surface area contributed by atoms with Crippen LogP contribution in [-0.2, 0) is 12.8 Å². The number of alkyl halides is 1. The maximum absolute atomic E-state index is 14.3. The second-order valence-electron chi connectivity index (χ2n) is 8.27. The van der Waals surface area contributed by atoms with E-state index in [1.165, 1.54) is 11.1 Å². The van der Waals surface area contributed by atoms with Crippen LogP contribution in [0.25, 0.3) is 0 Å². The minimum Gasteiger partial charge on any atom is -0.349 e. The summed E-state index contributed by atoms with van der Waals surface area (Å²) >= 11 is 0. The molecule has 1 aliphatic carbocycles. The molecule has 0 spiro atoms. The number of benzene rings is 1. The highest BCUT2D eigenvalue weighted by Gasteiger charge is 2.35. The Bertz CT molecular complexity index is 903. The lowest BCUT2D eigenvalue weighted by Gasteiger charge is -2.29. The molecule has 0 N–H and O–H groups in total. The minimum atomic E-state index is -0.929. The summed E-state index contributed by atoms with van der Waals surface area (Å²) in [4.78, 5) is 27.3. The van der Waals surface area contributed by atoms with Crippen molar-refractivity contribution in [3.63, 3.8) is 0 Å². The van der Waals surface area contributed by atoms with E-state index in [2.05, 4.69) is 16.0 Å². The predicted molar refractivity (Wildman–Crippen MR) is 112 cm³/mol. The van der Waals surface area contributed by atoms with Crippen LogP contribution in [0.4, 0.5) is 16.2 Å². The number of fused-ring (bicyclic) bond motifs is 1. The summed E-state index contributed by atoms with van der Waals surface area (Å²) in [5.74, 6) is 1.27. The number of hydrogen-bond donors (Lipinski definition) is 0. The molecular formula is C22H28FN5O. The first kappa shape index (κ1) is 19.6. The number of carbonyl (C=O) groups is 1. The Morgan fingerprint density at radius 1 is 1.21 bits per heavy atom. The molecule has 4 rings (SSSR count). The summed E-state index contributed by atoms with van der Waals surface area (Å²) < 4.78 is 14.3. The molecule has 0 radical (unpaired) electrons. The summed E-state index contributed by atoms with van der Waals surface area (Å²) in [6, 6.07) is 7.71. The van der Waals surface area contributed by atoms with Crippen molar-refractivity contribution in [2.75, 3.05) is 44.0 Å². The van der Waals surface area contributed by atoms with Crippen molar-refractivity contribution in [3.05, 3.63) is 47.2 Å². The molecule has 1 aliphatic heterocycles. The van der Waals surface area contributed by atoms with Crippen LogP contribution < -0.4 is 9.80 Å². The Labute approximate surface area is 171 Å². The molecule has 29 heavy (non-hydrogen) atoms. The second-order valence-corrected chi connectivity index (χ2v) is 8.27. The SMILES string of the molecule is CN(C[C@@H]1C[C@H](F)CN1c1ccnc(N(C)C)n1)C(=O)c1ccc2c(c1)CCC2. The molecule has 1 aromatic heterocycles. The van der Waals surface area contributed by atoms with E-state index in [0.29, 0.717) is 30.3 Å². The highest BCUT2D eigenvalue weighted by Crippen LogP contribution is 2.28. The molecular weight excluding hydrogens is 369 g/mol. The number of amides is 1. The number of aryl methyl sites for hydroxylation is 2. The Hall–Kier alpha value is -2.70. The van der Waals surface area contributed by atoms with E-state index in [-0.39, 0.29) is 18.5 Å². The fraction of sp³-hybridized carbons (Fsp3) is 0.500. The smallest absolute Gasteiger partial charge is 0.253 e. The van der Waals surface area contributed by atoms with Gasteiger partial charge in [0.15, 0.2) is 0 Å². The van der Waals surface area contributed by atoms with Crippen molar-refractivity contribution in [2.45, 2.75) is 37.9 Å². The number of aromatic nitrogens is 2. The number of anilines is 2. The van der Waals surface area contributed by atoms with Gasteiger partial charge in [-0.05, 0) is 48.6 Å². The van der Waals surface area contributed by atoms with E-state index in [1.807, 2.05) is 36.0 Å². The third kappa shape index (κ3) is 4.04. The Morgan fingerprint density at radius 3 is 2.79 bits per heavy atom. The fourth-order valence-corrected chi connectivity index (χ4v) is 4.35. The lowest BCUT2D eigenvalue weighted by Crippen LogP contribution is -2.41. The molecule has 2 heterocycles. The molecule has 0 saturated carbocycles. The molecule has 0 unspecified atom stereocenters. The topological polar surface area (TPSA) is 52.6 Å². The number of likely N-dealkylation sites (N-methyl/N-ethyl adjacent to an activating group) is 1. The zero-order valence-corrected chi connectivity index (χ0v) is 17.3. The first-order valence-corrected chi connectivity index (χ1v) is 10.2. The van der Waals surface area contributed by atoms with Gasteiger partial charge in [0.25, 0.3) is 5.91 Å². The van der Waals surface area contributed by atoms with Gasteiger partial charge in [0.1, 0.15) is 12.0 Å². The van der Waals surface area contributed by atoms with Crippen LogP contribution in [0.1, 0.15) is 34.3 Å². The molecule has 154 valence electrons. The zero-order valence-electron chi connectivity index (χ0n) is 17.3. The number of rotatable bonds is 5. The minimum absolute atomic E-state index is 0.0152. The van der Waals surface area contributed by atoms with Crippen molar-refractivity contribution in [2.24, 2.45) is 0 Å². The van der Waals surface area contributed by atoms with Crippen LogP contribution in [-0.4, -0.2) is 67.2 Å². The van der Waals surface area contributed by atoms with E-state index in [0.717, 1.165) is 19.3 Å². The predicted octanol–water partition coefficient (Wildman–Crippen LogP) is 2.72. The molecule has 2 atom stereocenters. The van der Waals surface area contributed by atoms with Gasteiger partial charge < -0.3 is 14.7 Å². The highest BCUT2D eigenvalue weighted by atomic mass is 19.1. The Morgan fingerprint density at radius 2 is 2.00 bits per heavy atom. The summed E-state index contributed by atoms with van der Waals surface area (Å²) in [5, 5.41) is 0. The van der Waals surface area contributed by atoms with Gasteiger partial charge in [-0.25, -0.2) is 9.37 Å². The summed E-state index contributed by atoms with van der Waals surface area (Å²) in [5.41, 5.74) is 3.35. The van der Waals surface area contributed by atoms with Crippen LogP contribution in [0.3, 0.4) is 0 Å². The number of nitrogens with zero attached hydrogens (tertiary/aromatic N) is 5. The first-order valence-electron chi connectivity index (χ1n) is 10.2. The zero-order chi connectivity index (χ0) is 20.5. The van der Waals surface area contributed by atoms with Crippen molar-refractivity contribution in [1.29, 1.82) is 0 Å². The molecule has 0 bridgehead atoms. The van der Waals surface area contributed by atoms with Gasteiger partial charge in [-0.15, -0.1) is 0 Å². The Balaban J connectivity index is 1.49. The van der Waals surface area contributed by atoms with Crippen LogP contribution in [0.2, 0.25) is 0 Å². The van der Waals surface area contributed by atoms with Crippen molar-refractivity contribution < 1.29 is 9.18 Å². The third-order valence-corrected chi connectivity index (χ3v) is 5.86. The van der Waals surface area contributed by atoms with E-state index < -0.39 is 6.17 Å². The molecule has 1 aromatic carbocycles. The van der Waals surface area contributed by atoms with Crippen LogP contribution >= 0.6 is 0 Å². The van der Waals surface area contributed by atoms with Crippen molar-refractivity contribution >= 4 is 17.7 Å². The third-order valence-electron chi connectivity index (χ3n) is 5.86. The van der Waals surface area contributed by atoms with Crippen molar-refractivity contribution in [3.8, 4) is 0 Å². The van der Waals surface area contributed by atoms with Crippen LogP contribution in [0, 0.1) is 0 Å². The molecule has 7 heteroatoms. The number of hydrogen-bond acceptors (Lipinski definition) is 5. The molecule has 2 aromatic rings. The summed E-state index contributed by atoms with van der Waals surface area (Å²) in [6.07, 6.45) is 4.46. The average molecular weight is 397 g/mol. The van der Waals surface area contributed by atoms with Gasteiger partial charge in [-0.1, -0.05) is 6.07 Å². The van der Waals surface area contributed by atoms with Crippen LogP contribution in [0.5, 0.6) is 0 Å². The van der Waals surface area contributed by atoms with Gasteiger partial charge in [0.2, 0.25) is 5.95 Å². The Kier molecular flexibility index (Phi) is 5.39. The lowest BCUT2D eigenvalue weighted by atomic mass is 10.1. The normalized spacial score (nSPS) is 20.6. The number of carbonyl (C=O) groups excluding carboxylic acids is 1. The quantitative estimate of drug-likeness (QED) is 0.777. The standard InChI is InChI=1S/C22H28FN5O/c1-26(2)22-24-10-9-20(25-22)28-13-18(23)12-19(28)14-27(3)21(29)17-8-7-15-5-4-6-16(15)11-17/h7-11,18-19H,4-6,12-14H2,1-3H3/t18-,19-/m0/s1. The number of halogens is 1. The first-order chi connectivity index (χ1) is 13.9. The largest absolute Gasteiger partial charge is 0.349 e. The monoisotopic (exact) mass is 397 g/mol. The maximum Gasteiger partial charge on any atom is 0.253 e. The van der Waals surface area contributed by atoms with E-state index in [1.54, 1.807) is 24.2 Å². The van der Waals surface area contributed by atoms with Gasteiger partial charge in [-0.3, -0.25) is 4.79 Å². The van der Waals surface area contributed by atoms with Gasteiger partial charge in [0, 0.05) is 45.9 Å². The van der Waals surface area contributed by atoms with E-state index in [9.17, 15) is 9.18 Å². The molecule has 1 fully saturated rings. The van der Waals surface area contributed by atoms with Gasteiger partial charge >= 0.3 is 0 Å². The fourth-order valence-electron chi connectivity index (χ4n) is 4.35. The van der Waals surface area contributed by atoms with Gasteiger partial charge in [-0.2, -0.15) is 4.98 Å².